The van der Waals surface area contributed by atoms with Crippen molar-refractivity contribution in [3.8, 4) is 0 Å². The van der Waals surface area contributed by atoms with Gasteiger partial charge in [-0.15, -0.1) is 0 Å². The van der Waals surface area contributed by atoms with Crippen molar-refractivity contribution in [3.63, 3.8) is 0 Å². The van der Waals surface area contributed by atoms with E-state index in [4.69, 9.17) is 0 Å². The summed E-state index contributed by atoms with van der Waals surface area (Å²) in [5.41, 5.74) is 3.06. The Hall–Kier alpha value is -3.48. The van der Waals surface area contributed by atoms with Crippen molar-refractivity contribution >= 4 is 35.0 Å². The topological polar surface area (TPSA) is 86.8 Å². The van der Waals surface area contributed by atoms with Crippen molar-refractivity contribution in [2.45, 2.75) is 19.8 Å². The fourth-order valence-electron chi connectivity index (χ4n) is 3.71. The normalized spacial score (nSPS) is 15.5. The lowest BCUT2D eigenvalue weighted by atomic mass is 10.0. The van der Waals surface area contributed by atoms with E-state index in [0.717, 1.165) is 16.2 Å². The van der Waals surface area contributed by atoms with Crippen LogP contribution in [0.15, 0.2) is 42.5 Å². The number of hydrogen-bond donors (Lipinski definition) is 1. The first kappa shape index (κ1) is 17.9. The van der Waals surface area contributed by atoms with Crippen LogP contribution >= 0.6 is 0 Å². The molecule has 7 heteroatoms. The van der Waals surface area contributed by atoms with Gasteiger partial charge in [0.05, 0.1) is 11.1 Å². The SMILES string of the molecule is CCN1C(=O)CCc2cc(NC(=O)CN3C(=O)c4ccccc4C3=O)ccc21. The summed E-state index contributed by atoms with van der Waals surface area (Å²) in [5, 5.41) is 2.74. The maximum Gasteiger partial charge on any atom is 0.262 e. The minimum absolute atomic E-state index is 0.0948. The van der Waals surface area contributed by atoms with Crippen molar-refractivity contribution in [1.82, 2.24) is 4.90 Å². The molecule has 4 amide bonds. The Kier molecular flexibility index (Phi) is 4.43. The number of aryl methyl sites for hydroxylation is 1. The number of carbonyl (C=O) groups is 4. The summed E-state index contributed by atoms with van der Waals surface area (Å²) >= 11 is 0. The molecule has 7 nitrogen and oxygen atoms in total. The molecule has 0 radical (unpaired) electrons. The maximum atomic E-state index is 12.4. The number of carbonyl (C=O) groups excluding carboxylic acids is 4. The van der Waals surface area contributed by atoms with Gasteiger partial charge in [-0.2, -0.15) is 0 Å². The average Bonchev–Trinajstić information content (AvgIpc) is 2.93. The van der Waals surface area contributed by atoms with E-state index < -0.39 is 17.7 Å². The molecular weight excluding hydrogens is 358 g/mol. The molecule has 0 unspecified atom stereocenters. The number of imide groups is 1. The summed E-state index contributed by atoms with van der Waals surface area (Å²) in [4.78, 5) is 51.8. The molecule has 0 saturated heterocycles. The summed E-state index contributed by atoms with van der Waals surface area (Å²) in [6.45, 7) is 2.17. The van der Waals surface area contributed by atoms with Crippen molar-refractivity contribution in [2.24, 2.45) is 0 Å². The highest BCUT2D eigenvalue weighted by Gasteiger charge is 2.36. The Bertz CT molecular complexity index is 979. The number of nitrogens with zero attached hydrogens (tertiary/aromatic N) is 2. The fraction of sp³-hybridized carbons (Fsp3) is 0.238. The molecule has 2 aromatic rings. The van der Waals surface area contributed by atoms with E-state index in [1.165, 1.54) is 0 Å². The van der Waals surface area contributed by atoms with E-state index in [1.807, 2.05) is 19.1 Å². The summed E-state index contributed by atoms with van der Waals surface area (Å²) in [6.07, 6.45) is 1.06. The van der Waals surface area contributed by atoms with Gasteiger partial charge in [0.1, 0.15) is 6.54 Å². The van der Waals surface area contributed by atoms with E-state index in [0.29, 0.717) is 36.2 Å². The van der Waals surface area contributed by atoms with Crippen LogP contribution in [0.5, 0.6) is 0 Å². The number of hydrogen-bond acceptors (Lipinski definition) is 4. The molecule has 142 valence electrons. The van der Waals surface area contributed by atoms with Gasteiger partial charge < -0.3 is 10.2 Å². The van der Waals surface area contributed by atoms with Gasteiger partial charge in [-0.05, 0) is 49.2 Å². The van der Waals surface area contributed by atoms with Crippen LogP contribution in [0, 0.1) is 0 Å². The first-order valence-corrected chi connectivity index (χ1v) is 9.18. The highest BCUT2D eigenvalue weighted by atomic mass is 16.2. The predicted octanol–water partition coefficient (Wildman–Crippen LogP) is 2.22. The molecule has 0 atom stereocenters. The van der Waals surface area contributed by atoms with Crippen LogP contribution in [0.25, 0.3) is 0 Å². The molecule has 2 aromatic carbocycles. The zero-order valence-corrected chi connectivity index (χ0v) is 15.4. The van der Waals surface area contributed by atoms with E-state index >= 15 is 0 Å². The van der Waals surface area contributed by atoms with E-state index in [2.05, 4.69) is 5.32 Å². The molecule has 0 fully saturated rings. The largest absolute Gasteiger partial charge is 0.325 e. The van der Waals surface area contributed by atoms with Gasteiger partial charge in [-0.3, -0.25) is 24.1 Å². The molecule has 0 spiro atoms. The standard InChI is InChI=1S/C21H19N3O4/c1-2-23-17-9-8-14(11-13(17)7-10-19(23)26)22-18(25)12-24-20(27)15-5-3-4-6-16(15)21(24)28/h3-6,8-9,11H,2,7,10,12H2,1H3,(H,22,25). The highest BCUT2D eigenvalue weighted by molar-refractivity contribution is 6.22. The van der Waals surface area contributed by atoms with Crippen LogP contribution in [-0.2, 0) is 16.0 Å². The van der Waals surface area contributed by atoms with Crippen LogP contribution in [-0.4, -0.2) is 41.6 Å². The molecular formula is C21H19N3O4. The molecule has 1 N–H and O–H groups in total. The van der Waals surface area contributed by atoms with E-state index in [1.54, 1.807) is 35.2 Å². The highest BCUT2D eigenvalue weighted by Crippen LogP contribution is 2.30. The Morgan fingerprint density at radius 2 is 1.64 bits per heavy atom. The predicted molar refractivity (Wildman–Crippen MR) is 103 cm³/mol. The number of amides is 4. The second-order valence-corrected chi connectivity index (χ2v) is 6.77. The molecule has 0 saturated carbocycles. The van der Waals surface area contributed by atoms with Gasteiger partial charge in [0.25, 0.3) is 11.8 Å². The Labute approximate surface area is 161 Å². The molecule has 2 aliphatic heterocycles. The van der Waals surface area contributed by atoms with Gasteiger partial charge >= 0.3 is 0 Å². The molecule has 2 aliphatic rings. The van der Waals surface area contributed by atoms with Crippen LogP contribution in [0.2, 0.25) is 0 Å². The van der Waals surface area contributed by atoms with Crippen LogP contribution in [0.4, 0.5) is 11.4 Å². The van der Waals surface area contributed by atoms with Crippen molar-refractivity contribution in [2.75, 3.05) is 23.3 Å². The monoisotopic (exact) mass is 377 g/mol. The van der Waals surface area contributed by atoms with Gasteiger partial charge in [0.15, 0.2) is 0 Å². The summed E-state index contributed by atoms with van der Waals surface area (Å²) < 4.78 is 0. The number of nitrogens with one attached hydrogen (secondary N) is 1. The molecule has 0 aliphatic carbocycles. The van der Waals surface area contributed by atoms with Gasteiger partial charge in [0, 0.05) is 24.3 Å². The number of anilines is 2. The minimum atomic E-state index is -0.460. The third-order valence-corrected chi connectivity index (χ3v) is 5.06. The number of rotatable bonds is 4. The van der Waals surface area contributed by atoms with Gasteiger partial charge in [-0.1, -0.05) is 12.1 Å². The van der Waals surface area contributed by atoms with Crippen molar-refractivity contribution in [1.29, 1.82) is 0 Å². The molecule has 0 aromatic heterocycles. The smallest absolute Gasteiger partial charge is 0.262 e. The van der Waals surface area contributed by atoms with E-state index in [-0.39, 0.29) is 12.5 Å². The lowest BCUT2D eigenvalue weighted by molar-refractivity contribution is -0.119. The summed E-state index contributed by atoms with van der Waals surface area (Å²) in [5.74, 6) is -1.28. The van der Waals surface area contributed by atoms with Crippen molar-refractivity contribution in [3.05, 3.63) is 59.2 Å². The third kappa shape index (κ3) is 2.94. The van der Waals surface area contributed by atoms with Crippen LogP contribution < -0.4 is 10.2 Å². The fourth-order valence-corrected chi connectivity index (χ4v) is 3.71. The molecule has 28 heavy (non-hydrogen) atoms. The lowest BCUT2D eigenvalue weighted by Crippen LogP contribution is -2.37. The zero-order chi connectivity index (χ0) is 19.8. The number of fused-ring (bicyclic) bond motifs is 2. The Morgan fingerprint density at radius 1 is 0.964 bits per heavy atom. The quantitative estimate of drug-likeness (QED) is 0.828. The summed E-state index contributed by atoms with van der Waals surface area (Å²) in [7, 11) is 0. The molecule has 2 heterocycles. The Balaban J connectivity index is 1.47. The Morgan fingerprint density at radius 3 is 2.29 bits per heavy atom. The second kappa shape index (κ2) is 6.92. The number of benzene rings is 2. The van der Waals surface area contributed by atoms with Gasteiger partial charge in [0.2, 0.25) is 11.8 Å². The van der Waals surface area contributed by atoms with Crippen molar-refractivity contribution < 1.29 is 19.2 Å². The first-order chi connectivity index (χ1) is 13.5. The van der Waals surface area contributed by atoms with Crippen LogP contribution in [0.3, 0.4) is 0 Å². The van der Waals surface area contributed by atoms with Crippen LogP contribution in [0.1, 0.15) is 39.6 Å². The zero-order valence-electron chi connectivity index (χ0n) is 15.4. The first-order valence-electron chi connectivity index (χ1n) is 9.18. The molecule has 0 bridgehead atoms. The minimum Gasteiger partial charge on any atom is -0.325 e. The van der Waals surface area contributed by atoms with E-state index in [9.17, 15) is 19.2 Å². The lowest BCUT2D eigenvalue weighted by Gasteiger charge is -2.28. The molecule has 4 rings (SSSR count). The second-order valence-electron chi connectivity index (χ2n) is 6.77. The maximum absolute atomic E-state index is 12.4. The average molecular weight is 377 g/mol. The van der Waals surface area contributed by atoms with Gasteiger partial charge in [-0.25, -0.2) is 0 Å². The summed E-state index contributed by atoms with van der Waals surface area (Å²) in [6, 6.07) is 11.9. The third-order valence-electron chi connectivity index (χ3n) is 5.06.